The number of rotatable bonds is 3. The van der Waals surface area contributed by atoms with Gasteiger partial charge in [-0.1, -0.05) is 6.07 Å². The van der Waals surface area contributed by atoms with E-state index >= 15 is 0 Å². The van der Waals surface area contributed by atoms with Crippen molar-refractivity contribution >= 4 is 40.9 Å². The number of nitrogens with one attached hydrogen (secondary N) is 3. The Morgan fingerprint density at radius 2 is 1.80 bits per heavy atom. The predicted molar refractivity (Wildman–Crippen MR) is 98.3 cm³/mol. The van der Waals surface area contributed by atoms with E-state index in [9.17, 15) is 14.4 Å². The molecule has 1 heterocycles. The number of fused-ring (bicyclic) bond motifs is 1. The van der Waals surface area contributed by atoms with Crippen LogP contribution in [0.3, 0.4) is 0 Å². The van der Waals surface area contributed by atoms with Crippen molar-refractivity contribution in [3.63, 3.8) is 0 Å². The topological polar surface area (TPSA) is 87.3 Å². The average Bonchev–Trinajstić information content (AvgIpc) is 2.62. The van der Waals surface area contributed by atoms with E-state index in [0.717, 1.165) is 10.5 Å². The molecule has 128 valence electrons. The van der Waals surface area contributed by atoms with E-state index in [1.807, 2.05) is 13.0 Å². The molecule has 0 spiro atoms. The number of thioether (sulfide) groups is 1. The van der Waals surface area contributed by atoms with Gasteiger partial charge < -0.3 is 16.0 Å². The van der Waals surface area contributed by atoms with Gasteiger partial charge in [0, 0.05) is 28.8 Å². The zero-order chi connectivity index (χ0) is 18.0. The van der Waals surface area contributed by atoms with E-state index < -0.39 is 0 Å². The van der Waals surface area contributed by atoms with Crippen LogP contribution in [0.25, 0.3) is 0 Å². The van der Waals surface area contributed by atoms with Gasteiger partial charge in [-0.25, -0.2) is 0 Å². The standard InChI is InChI=1S/C18H17N3O3S/c1-10-3-4-11(17(23)19-2)7-13(10)21-18(24)12-5-6-15-14(8-12)20-16(22)9-25-15/h3-8H,9H2,1-2H3,(H,19,23)(H,20,22)(H,21,24). The Bertz CT molecular complexity index is 880. The van der Waals surface area contributed by atoms with Crippen molar-refractivity contribution in [1.82, 2.24) is 5.32 Å². The number of benzene rings is 2. The molecule has 2 aromatic rings. The Kier molecular flexibility index (Phi) is 4.76. The summed E-state index contributed by atoms with van der Waals surface area (Å²) in [6.07, 6.45) is 0. The van der Waals surface area contributed by atoms with E-state index in [1.165, 1.54) is 11.8 Å². The first kappa shape index (κ1) is 17.0. The van der Waals surface area contributed by atoms with Gasteiger partial charge in [0.2, 0.25) is 5.91 Å². The van der Waals surface area contributed by atoms with Crippen LogP contribution < -0.4 is 16.0 Å². The highest BCUT2D eigenvalue weighted by molar-refractivity contribution is 8.00. The summed E-state index contributed by atoms with van der Waals surface area (Å²) in [5.41, 5.74) is 2.97. The van der Waals surface area contributed by atoms with Gasteiger partial charge in [-0.3, -0.25) is 14.4 Å². The number of hydrogen-bond acceptors (Lipinski definition) is 4. The molecule has 0 bridgehead atoms. The van der Waals surface area contributed by atoms with Crippen molar-refractivity contribution in [1.29, 1.82) is 0 Å². The summed E-state index contributed by atoms with van der Waals surface area (Å²) in [6, 6.07) is 10.3. The van der Waals surface area contributed by atoms with Crippen LogP contribution in [-0.4, -0.2) is 30.5 Å². The summed E-state index contributed by atoms with van der Waals surface area (Å²) in [7, 11) is 1.56. The maximum Gasteiger partial charge on any atom is 0.255 e. The van der Waals surface area contributed by atoms with Crippen LogP contribution in [0.1, 0.15) is 26.3 Å². The number of carbonyl (C=O) groups excluding carboxylic acids is 3. The lowest BCUT2D eigenvalue weighted by Gasteiger charge is -2.17. The molecular weight excluding hydrogens is 338 g/mol. The molecule has 3 amide bonds. The summed E-state index contributed by atoms with van der Waals surface area (Å²) in [4.78, 5) is 36.8. The van der Waals surface area contributed by atoms with E-state index in [2.05, 4.69) is 16.0 Å². The van der Waals surface area contributed by atoms with Gasteiger partial charge in [-0.15, -0.1) is 11.8 Å². The molecule has 25 heavy (non-hydrogen) atoms. The molecule has 0 unspecified atom stereocenters. The average molecular weight is 355 g/mol. The summed E-state index contributed by atoms with van der Waals surface area (Å²) >= 11 is 1.44. The molecule has 0 saturated carbocycles. The molecule has 0 fully saturated rings. The number of hydrogen-bond donors (Lipinski definition) is 3. The Balaban J connectivity index is 1.84. The maximum absolute atomic E-state index is 12.6. The highest BCUT2D eigenvalue weighted by Gasteiger charge is 2.18. The lowest BCUT2D eigenvalue weighted by Crippen LogP contribution is -2.20. The van der Waals surface area contributed by atoms with Crippen molar-refractivity contribution in [2.75, 3.05) is 23.4 Å². The third-order valence-electron chi connectivity index (χ3n) is 3.85. The highest BCUT2D eigenvalue weighted by atomic mass is 32.2. The molecule has 0 aromatic heterocycles. The van der Waals surface area contributed by atoms with Crippen molar-refractivity contribution in [2.24, 2.45) is 0 Å². The lowest BCUT2D eigenvalue weighted by atomic mass is 10.1. The fourth-order valence-corrected chi connectivity index (χ4v) is 3.25. The Hall–Kier alpha value is -2.80. The van der Waals surface area contributed by atoms with E-state index in [-0.39, 0.29) is 17.7 Å². The normalized spacial score (nSPS) is 12.8. The molecule has 0 saturated heterocycles. The first-order valence-corrected chi connectivity index (χ1v) is 8.67. The molecule has 1 aliphatic rings. The van der Waals surface area contributed by atoms with Gasteiger partial charge in [-0.05, 0) is 42.8 Å². The minimum absolute atomic E-state index is 0.0795. The smallest absolute Gasteiger partial charge is 0.255 e. The third kappa shape index (κ3) is 3.66. The highest BCUT2D eigenvalue weighted by Crippen LogP contribution is 2.32. The van der Waals surface area contributed by atoms with Gasteiger partial charge in [-0.2, -0.15) is 0 Å². The second kappa shape index (κ2) is 6.98. The SMILES string of the molecule is CNC(=O)c1ccc(C)c(NC(=O)c2ccc3c(c2)NC(=O)CS3)c1. The fraction of sp³-hybridized carbons (Fsp3) is 0.167. The summed E-state index contributed by atoms with van der Waals surface area (Å²) in [6.45, 7) is 1.85. The number of amides is 3. The molecule has 3 rings (SSSR count). The molecule has 0 radical (unpaired) electrons. The van der Waals surface area contributed by atoms with Gasteiger partial charge in [0.25, 0.3) is 11.8 Å². The monoisotopic (exact) mass is 355 g/mol. The summed E-state index contributed by atoms with van der Waals surface area (Å²) in [5.74, 6) is -0.220. The van der Waals surface area contributed by atoms with Crippen LogP contribution >= 0.6 is 11.8 Å². The lowest BCUT2D eigenvalue weighted by molar-refractivity contribution is -0.113. The van der Waals surface area contributed by atoms with E-state index in [0.29, 0.717) is 28.3 Å². The zero-order valence-electron chi connectivity index (χ0n) is 13.8. The molecule has 6 nitrogen and oxygen atoms in total. The van der Waals surface area contributed by atoms with Crippen LogP contribution in [0.2, 0.25) is 0 Å². The largest absolute Gasteiger partial charge is 0.355 e. The molecular formula is C18H17N3O3S. The molecule has 7 heteroatoms. The Morgan fingerprint density at radius 3 is 2.56 bits per heavy atom. The second-order valence-electron chi connectivity index (χ2n) is 5.61. The minimum Gasteiger partial charge on any atom is -0.355 e. The van der Waals surface area contributed by atoms with Gasteiger partial charge in [0.15, 0.2) is 0 Å². The number of anilines is 2. The first-order chi connectivity index (χ1) is 12.0. The molecule has 3 N–H and O–H groups in total. The quantitative estimate of drug-likeness (QED) is 0.790. The van der Waals surface area contributed by atoms with Crippen molar-refractivity contribution in [2.45, 2.75) is 11.8 Å². The zero-order valence-corrected chi connectivity index (χ0v) is 14.6. The van der Waals surface area contributed by atoms with Crippen LogP contribution in [0.5, 0.6) is 0 Å². The van der Waals surface area contributed by atoms with Gasteiger partial charge >= 0.3 is 0 Å². The van der Waals surface area contributed by atoms with Crippen molar-refractivity contribution < 1.29 is 14.4 Å². The molecule has 2 aromatic carbocycles. The predicted octanol–water partition coefficient (Wildman–Crippen LogP) is 2.65. The van der Waals surface area contributed by atoms with Crippen LogP contribution in [0.4, 0.5) is 11.4 Å². The van der Waals surface area contributed by atoms with Crippen LogP contribution in [0.15, 0.2) is 41.3 Å². The molecule has 0 aliphatic carbocycles. The second-order valence-corrected chi connectivity index (χ2v) is 6.63. The number of aryl methyl sites for hydroxylation is 1. The fourth-order valence-electron chi connectivity index (χ4n) is 2.46. The van der Waals surface area contributed by atoms with E-state index in [4.69, 9.17) is 0 Å². The van der Waals surface area contributed by atoms with Crippen molar-refractivity contribution in [3.05, 3.63) is 53.1 Å². The van der Waals surface area contributed by atoms with Crippen molar-refractivity contribution in [3.8, 4) is 0 Å². The Labute approximate surface area is 149 Å². The third-order valence-corrected chi connectivity index (χ3v) is 4.92. The Morgan fingerprint density at radius 1 is 1.08 bits per heavy atom. The summed E-state index contributed by atoms with van der Waals surface area (Å²) < 4.78 is 0. The molecule has 1 aliphatic heterocycles. The minimum atomic E-state index is -0.301. The van der Waals surface area contributed by atoms with Crippen LogP contribution in [-0.2, 0) is 4.79 Å². The van der Waals surface area contributed by atoms with E-state index in [1.54, 1.807) is 37.4 Å². The van der Waals surface area contributed by atoms with Gasteiger partial charge in [0.1, 0.15) is 0 Å². The van der Waals surface area contributed by atoms with Gasteiger partial charge in [0.05, 0.1) is 11.4 Å². The summed E-state index contributed by atoms with van der Waals surface area (Å²) in [5, 5.41) is 8.15. The first-order valence-electron chi connectivity index (χ1n) is 7.68. The maximum atomic E-state index is 12.6. The molecule has 0 atom stereocenters. The number of carbonyl (C=O) groups is 3. The van der Waals surface area contributed by atoms with Crippen LogP contribution in [0, 0.1) is 6.92 Å².